The molecule has 1 aromatic carbocycles. The van der Waals surface area contributed by atoms with E-state index < -0.39 is 0 Å². The highest BCUT2D eigenvalue weighted by molar-refractivity contribution is 6.32. The summed E-state index contributed by atoms with van der Waals surface area (Å²) in [6.07, 6.45) is 5.11. The van der Waals surface area contributed by atoms with E-state index in [0.717, 1.165) is 24.6 Å². The van der Waals surface area contributed by atoms with E-state index >= 15 is 0 Å². The molecule has 0 N–H and O–H groups in total. The van der Waals surface area contributed by atoms with Crippen molar-refractivity contribution >= 4 is 23.3 Å². The van der Waals surface area contributed by atoms with Crippen LogP contribution in [0.2, 0.25) is 5.02 Å². The van der Waals surface area contributed by atoms with Gasteiger partial charge >= 0.3 is 0 Å². The van der Waals surface area contributed by atoms with Crippen LogP contribution in [0.15, 0.2) is 61.1 Å². The number of amides is 1. The second kappa shape index (κ2) is 7.17. The van der Waals surface area contributed by atoms with Crippen LogP contribution in [-0.2, 0) is 0 Å². The Labute approximate surface area is 156 Å². The molecule has 0 bridgehead atoms. The maximum absolute atomic E-state index is 12.8. The molecule has 4 rings (SSSR count). The van der Waals surface area contributed by atoms with E-state index in [4.69, 9.17) is 11.6 Å². The van der Waals surface area contributed by atoms with Crippen molar-refractivity contribution in [2.45, 2.75) is 0 Å². The summed E-state index contributed by atoms with van der Waals surface area (Å²) in [6.45, 7) is 2.85. The van der Waals surface area contributed by atoms with Crippen LogP contribution in [0.3, 0.4) is 0 Å². The Bertz CT molecular complexity index is 903. The van der Waals surface area contributed by atoms with E-state index in [-0.39, 0.29) is 5.91 Å². The third kappa shape index (κ3) is 3.28. The summed E-state index contributed by atoms with van der Waals surface area (Å²) < 4.78 is 1.64. The number of aromatic nitrogens is 3. The quantitative estimate of drug-likeness (QED) is 0.714. The number of para-hydroxylation sites is 1. The first-order valence-electron chi connectivity index (χ1n) is 8.47. The number of piperazine rings is 1. The molecule has 1 fully saturated rings. The van der Waals surface area contributed by atoms with Crippen LogP contribution in [-0.4, -0.2) is 51.8 Å². The minimum atomic E-state index is -0.0102. The number of benzene rings is 1. The van der Waals surface area contributed by atoms with Gasteiger partial charge < -0.3 is 9.80 Å². The van der Waals surface area contributed by atoms with E-state index in [1.807, 2.05) is 41.3 Å². The monoisotopic (exact) mass is 367 g/mol. The van der Waals surface area contributed by atoms with Gasteiger partial charge in [0.25, 0.3) is 5.91 Å². The fourth-order valence-corrected chi connectivity index (χ4v) is 3.29. The van der Waals surface area contributed by atoms with Gasteiger partial charge in [-0.3, -0.25) is 4.79 Å². The van der Waals surface area contributed by atoms with E-state index in [0.29, 0.717) is 23.7 Å². The Balaban J connectivity index is 1.44. The number of nitrogens with zero attached hydrogens (tertiary/aromatic N) is 5. The van der Waals surface area contributed by atoms with Crippen molar-refractivity contribution in [2.75, 3.05) is 31.1 Å². The number of hydrogen-bond acceptors (Lipinski definition) is 4. The Hall–Kier alpha value is -2.86. The number of rotatable bonds is 3. The first kappa shape index (κ1) is 16.6. The van der Waals surface area contributed by atoms with Crippen molar-refractivity contribution in [1.29, 1.82) is 0 Å². The molecule has 0 aliphatic carbocycles. The lowest BCUT2D eigenvalue weighted by Crippen LogP contribution is -2.49. The molecule has 0 atom stereocenters. The number of hydrogen-bond donors (Lipinski definition) is 0. The fraction of sp³-hybridized carbons (Fsp3) is 0.211. The van der Waals surface area contributed by atoms with Crippen molar-refractivity contribution in [1.82, 2.24) is 19.7 Å². The molecule has 7 heteroatoms. The highest BCUT2D eigenvalue weighted by Gasteiger charge is 2.23. The minimum absolute atomic E-state index is 0.0102. The second-order valence-electron chi connectivity index (χ2n) is 6.09. The van der Waals surface area contributed by atoms with Gasteiger partial charge in [0, 0.05) is 38.6 Å². The van der Waals surface area contributed by atoms with Gasteiger partial charge in [-0.1, -0.05) is 29.8 Å². The lowest BCUT2D eigenvalue weighted by atomic mass is 10.2. The molecular weight excluding hydrogens is 350 g/mol. The molecule has 3 heterocycles. The number of carbonyl (C=O) groups is 1. The molecule has 132 valence electrons. The normalized spacial score (nSPS) is 14.5. The molecule has 0 saturated carbocycles. The Kier molecular flexibility index (Phi) is 4.58. The molecule has 1 aliphatic heterocycles. The van der Waals surface area contributed by atoms with Gasteiger partial charge in [0.15, 0.2) is 0 Å². The number of anilines is 1. The number of carbonyl (C=O) groups excluding carboxylic acids is 1. The minimum Gasteiger partial charge on any atom is -0.353 e. The van der Waals surface area contributed by atoms with Crippen LogP contribution in [0, 0.1) is 0 Å². The predicted octanol–water partition coefficient (Wildman–Crippen LogP) is 2.88. The predicted molar refractivity (Wildman–Crippen MR) is 101 cm³/mol. The zero-order chi connectivity index (χ0) is 17.9. The first-order valence-corrected chi connectivity index (χ1v) is 8.85. The van der Waals surface area contributed by atoms with Gasteiger partial charge in [0.1, 0.15) is 5.82 Å². The van der Waals surface area contributed by atoms with Crippen molar-refractivity contribution in [3.8, 4) is 5.69 Å². The van der Waals surface area contributed by atoms with Gasteiger partial charge in [-0.05, 0) is 24.3 Å². The fourth-order valence-electron chi connectivity index (χ4n) is 3.06. The summed E-state index contributed by atoms with van der Waals surface area (Å²) in [5.41, 5.74) is 1.32. The summed E-state index contributed by atoms with van der Waals surface area (Å²) in [6, 6.07) is 13.3. The van der Waals surface area contributed by atoms with Crippen molar-refractivity contribution in [3.05, 3.63) is 71.6 Å². The average molecular weight is 368 g/mol. The number of pyridine rings is 1. The van der Waals surface area contributed by atoms with Gasteiger partial charge in [-0.2, -0.15) is 5.10 Å². The van der Waals surface area contributed by atoms with E-state index in [1.54, 1.807) is 29.3 Å². The van der Waals surface area contributed by atoms with Gasteiger partial charge in [-0.25, -0.2) is 9.67 Å². The molecule has 0 spiro atoms. The van der Waals surface area contributed by atoms with Crippen molar-refractivity contribution < 1.29 is 4.79 Å². The standard InChI is InChI=1S/C19H18ClN5O/c20-16-5-1-2-6-17(16)25-14-15(13-22-25)19(26)24-11-9-23(10-12-24)18-7-3-4-8-21-18/h1-8,13-14H,9-12H2. The lowest BCUT2D eigenvalue weighted by molar-refractivity contribution is 0.0746. The summed E-state index contributed by atoms with van der Waals surface area (Å²) in [5.74, 6) is 0.940. The van der Waals surface area contributed by atoms with Crippen LogP contribution >= 0.6 is 11.6 Å². The molecule has 3 aromatic rings. The molecular formula is C19H18ClN5O. The summed E-state index contributed by atoms with van der Waals surface area (Å²) in [7, 11) is 0. The highest BCUT2D eigenvalue weighted by Crippen LogP contribution is 2.20. The third-order valence-corrected chi connectivity index (χ3v) is 4.79. The van der Waals surface area contributed by atoms with Crippen LogP contribution < -0.4 is 4.90 Å². The Morgan fingerprint density at radius 3 is 2.50 bits per heavy atom. The Morgan fingerprint density at radius 2 is 1.77 bits per heavy atom. The van der Waals surface area contributed by atoms with Crippen LogP contribution in [0.5, 0.6) is 0 Å². The number of halogens is 1. The lowest BCUT2D eigenvalue weighted by Gasteiger charge is -2.35. The molecule has 1 saturated heterocycles. The molecule has 0 radical (unpaired) electrons. The van der Waals surface area contributed by atoms with E-state index in [1.165, 1.54) is 0 Å². The zero-order valence-corrected chi connectivity index (χ0v) is 14.9. The van der Waals surface area contributed by atoms with Crippen molar-refractivity contribution in [3.63, 3.8) is 0 Å². The van der Waals surface area contributed by atoms with Gasteiger partial charge in [0.2, 0.25) is 0 Å². The zero-order valence-electron chi connectivity index (χ0n) is 14.1. The molecule has 26 heavy (non-hydrogen) atoms. The molecule has 2 aromatic heterocycles. The largest absolute Gasteiger partial charge is 0.353 e. The topological polar surface area (TPSA) is 54.3 Å². The van der Waals surface area contributed by atoms with Crippen LogP contribution in [0.25, 0.3) is 5.69 Å². The SMILES string of the molecule is O=C(c1cnn(-c2ccccc2Cl)c1)N1CCN(c2ccccn2)CC1. The second-order valence-corrected chi connectivity index (χ2v) is 6.50. The summed E-state index contributed by atoms with van der Waals surface area (Å²) >= 11 is 6.20. The van der Waals surface area contributed by atoms with Crippen molar-refractivity contribution in [2.24, 2.45) is 0 Å². The maximum Gasteiger partial charge on any atom is 0.257 e. The highest BCUT2D eigenvalue weighted by atomic mass is 35.5. The average Bonchev–Trinajstić information content (AvgIpc) is 3.18. The molecule has 1 aliphatic rings. The third-order valence-electron chi connectivity index (χ3n) is 4.47. The Morgan fingerprint density at radius 1 is 1.00 bits per heavy atom. The molecule has 6 nitrogen and oxygen atoms in total. The van der Waals surface area contributed by atoms with Crippen LogP contribution in [0.1, 0.15) is 10.4 Å². The summed E-state index contributed by atoms with van der Waals surface area (Å²) in [5, 5.41) is 4.89. The van der Waals surface area contributed by atoms with E-state index in [2.05, 4.69) is 15.0 Å². The van der Waals surface area contributed by atoms with Gasteiger partial charge in [0.05, 0.1) is 22.5 Å². The summed E-state index contributed by atoms with van der Waals surface area (Å²) in [4.78, 5) is 21.2. The first-order chi connectivity index (χ1) is 12.7. The van der Waals surface area contributed by atoms with E-state index in [9.17, 15) is 4.79 Å². The smallest absolute Gasteiger partial charge is 0.257 e. The van der Waals surface area contributed by atoms with Gasteiger partial charge in [-0.15, -0.1) is 0 Å². The van der Waals surface area contributed by atoms with Crippen LogP contribution in [0.4, 0.5) is 5.82 Å². The maximum atomic E-state index is 12.8. The molecule has 1 amide bonds. The molecule has 0 unspecified atom stereocenters.